The molecular formula is C7H10BrNS. The summed E-state index contributed by atoms with van der Waals surface area (Å²) >= 11 is 5.25. The fourth-order valence-corrected chi connectivity index (χ4v) is 2.22. The Bertz CT molecular complexity index is 207. The van der Waals surface area contributed by atoms with Crippen LogP contribution >= 0.6 is 27.3 Å². The Morgan fingerprint density at radius 1 is 1.80 bits per heavy atom. The van der Waals surface area contributed by atoms with Crippen LogP contribution in [-0.4, -0.2) is 9.81 Å². The van der Waals surface area contributed by atoms with E-state index in [2.05, 4.69) is 34.8 Å². The van der Waals surface area contributed by atoms with Gasteiger partial charge in [-0.05, 0) is 13.3 Å². The van der Waals surface area contributed by atoms with E-state index in [1.54, 1.807) is 11.3 Å². The van der Waals surface area contributed by atoms with Crippen LogP contribution in [0.15, 0.2) is 5.51 Å². The third-order valence-corrected chi connectivity index (χ3v) is 2.59. The van der Waals surface area contributed by atoms with E-state index >= 15 is 0 Å². The first kappa shape index (κ1) is 8.21. The number of aryl methyl sites for hydroxylation is 1. The zero-order valence-corrected chi connectivity index (χ0v) is 8.50. The van der Waals surface area contributed by atoms with Crippen molar-refractivity contribution in [2.45, 2.75) is 25.1 Å². The molecule has 1 unspecified atom stereocenters. The molecule has 0 saturated carbocycles. The van der Waals surface area contributed by atoms with Gasteiger partial charge in [0.05, 0.1) is 11.2 Å². The summed E-state index contributed by atoms with van der Waals surface area (Å²) in [7, 11) is 0. The van der Waals surface area contributed by atoms with E-state index in [0.717, 1.165) is 6.42 Å². The van der Waals surface area contributed by atoms with Gasteiger partial charge in [-0.25, -0.2) is 4.98 Å². The molecule has 1 heterocycles. The van der Waals surface area contributed by atoms with E-state index in [1.165, 1.54) is 10.6 Å². The number of hydrogen-bond acceptors (Lipinski definition) is 2. The zero-order chi connectivity index (χ0) is 7.56. The Kier molecular flexibility index (Phi) is 2.86. The van der Waals surface area contributed by atoms with Crippen LogP contribution < -0.4 is 0 Å². The summed E-state index contributed by atoms with van der Waals surface area (Å²) in [6, 6.07) is 0. The molecule has 1 rings (SSSR count). The highest BCUT2D eigenvalue weighted by atomic mass is 79.9. The number of thiazole rings is 1. The van der Waals surface area contributed by atoms with Crippen LogP contribution in [0.5, 0.6) is 0 Å². The lowest BCUT2D eigenvalue weighted by Crippen LogP contribution is -1.95. The largest absolute Gasteiger partial charge is 0.250 e. The van der Waals surface area contributed by atoms with Crippen molar-refractivity contribution in [3.8, 4) is 0 Å². The fourth-order valence-electron chi connectivity index (χ4n) is 0.778. The third-order valence-electron chi connectivity index (χ3n) is 1.31. The lowest BCUT2D eigenvalue weighted by Gasteiger charge is -1.98. The van der Waals surface area contributed by atoms with Gasteiger partial charge in [0.15, 0.2) is 0 Å². The van der Waals surface area contributed by atoms with Crippen LogP contribution in [0.25, 0.3) is 0 Å². The zero-order valence-electron chi connectivity index (χ0n) is 6.10. The molecule has 1 atom stereocenters. The molecule has 0 saturated heterocycles. The van der Waals surface area contributed by atoms with Crippen LogP contribution in [0.3, 0.4) is 0 Å². The number of halogens is 1. The number of aromatic nitrogens is 1. The van der Waals surface area contributed by atoms with Gasteiger partial charge in [-0.15, -0.1) is 11.3 Å². The molecule has 10 heavy (non-hydrogen) atoms. The van der Waals surface area contributed by atoms with Crippen molar-refractivity contribution in [1.82, 2.24) is 4.98 Å². The fraction of sp³-hybridized carbons (Fsp3) is 0.571. The molecule has 0 fully saturated rings. The summed E-state index contributed by atoms with van der Waals surface area (Å²) in [5.41, 5.74) is 3.08. The van der Waals surface area contributed by atoms with Gasteiger partial charge in [0.2, 0.25) is 0 Å². The van der Waals surface area contributed by atoms with Gasteiger partial charge in [0.1, 0.15) is 0 Å². The van der Waals surface area contributed by atoms with Crippen molar-refractivity contribution in [2.75, 3.05) is 0 Å². The van der Waals surface area contributed by atoms with Crippen molar-refractivity contribution in [3.63, 3.8) is 0 Å². The van der Waals surface area contributed by atoms with Crippen LogP contribution in [-0.2, 0) is 6.42 Å². The SMILES string of the molecule is Cc1ncsc1CC(C)Br. The predicted molar refractivity (Wildman–Crippen MR) is 48.9 cm³/mol. The van der Waals surface area contributed by atoms with Crippen molar-refractivity contribution < 1.29 is 0 Å². The summed E-state index contributed by atoms with van der Waals surface area (Å²) in [4.78, 5) is 6.12. The Balaban J connectivity index is 2.65. The van der Waals surface area contributed by atoms with Gasteiger partial charge < -0.3 is 0 Å². The standard InChI is InChI=1S/C7H10BrNS/c1-5(8)3-7-6(2)9-4-10-7/h4-5H,3H2,1-2H3. The summed E-state index contributed by atoms with van der Waals surface area (Å²) in [6.07, 6.45) is 1.09. The van der Waals surface area contributed by atoms with Crippen molar-refractivity contribution in [2.24, 2.45) is 0 Å². The second-order valence-corrected chi connectivity index (χ2v) is 4.85. The number of hydrogen-bond donors (Lipinski definition) is 0. The molecule has 0 bridgehead atoms. The summed E-state index contributed by atoms with van der Waals surface area (Å²) in [5.74, 6) is 0. The molecule has 56 valence electrons. The van der Waals surface area contributed by atoms with E-state index < -0.39 is 0 Å². The average Bonchev–Trinajstić information content (AvgIpc) is 2.15. The molecule has 0 aliphatic carbocycles. The van der Waals surface area contributed by atoms with Gasteiger partial charge in [-0.2, -0.15) is 0 Å². The van der Waals surface area contributed by atoms with E-state index in [9.17, 15) is 0 Å². The lowest BCUT2D eigenvalue weighted by molar-refractivity contribution is 0.961. The highest BCUT2D eigenvalue weighted by molar-refractivity contribution is 9.09. The highest BCUT2D eigenvalue weighted by Crippen LogP contribution is 2.16. The summed E-state index contributed by atoms with van der Waals surface area (Å²) in [6.45, 7) is 4.21. The monoisotopic (exact) mass is 219 g/mol. The molecule has 0 aliphatic rings. The second-order valence-electron chi connectivity index (χ2n) is 2.35. The minimum atomic E-state index is 0.562. The lowest BCUT2D eigenvalue weighted by atomic mass is 10.2. The minimum Gasteiger partial charge on any atom is -0.250 e. The van der Waals surface area contributed by atoms with Crippen LogP contribution in [0.2, 0.25) is 0 Å². The quantitative estimate of drug-likeness (QED) is 0.698. The molecule has 0 radical (unpaired) electrons. The maximum Gasteiger partial charge on any atom is 0.0797 e. The number of rotatable bonds is 2. The molecule has 0 aromatic carbocycles. The second kappa shape index (κ2) is 3.49. The smallest absolute Gasteiger partial charge is 0.0797 e. The van der Waals surface area contributed by atoms with E-state index in [0.29, 0.717) is 4.83 Å². The van der Waals surface area contributed by atoms with Crippen LogP contribution in [0.1, 0.15) is 17.5 Å². The van der Waals surface area contributed by atoms with Crippen molar-refractivity contribution >= 4 is 27.3 Å². The molecule has 1 aromatic heterocycles. The van der Waals surface area contributed by atoms with Gasteiger partial charge in [-0.3, -0.25) is 0 Å². The third kappa shape index (κ3) is 2.06. The molecule has 0 aliphatic heterocycles. The van der Waals surface area contributed by atoms with Crippen LogP contribution in [0.4, 0.5) is 0 Å². The van der Waals surface area contributed by atoms with Gasteiger partial charge in [0.25, 0.3) is 0 Å². The molecule has 1 nitrogen and oxygen atoms in total. The first-order chi connectivity index (χ1) is 4.70. The first-order valence-electron chi connectivity index (χ1n) is 3.23. The number of nitrogens with zero attached hydrogens (tertiary/aromatic N) is 1. The molecule has 0 spiro atoms. The Morgan fingerprint density at radius 3 is 2.90 bits per heavy atom. The van der Waals surface area contributed by atoms with Gasteiger partial charge in [0, 0.05) is 9.70 Å². The average molecular weight is 220 g/mol. The van der Waals surface area contributed by atoms with Crippen molar-refractivity contribution in [3.05, 3.63) is 16.1 Å². The van der Waals surface area contributed by atoms with E-state index in [1.807, 2.05) is 5.51 Å². The predicted octanol–water partition coefficient (Wildman–Crippen LogP) is 2.78. The first-order valence-corrected chi connectivity index (χ1v) is 5.02. The minimum absolute atomic E-state index is 0.562. The number of alkyl halides is 1. The molecule has 0 N–H and O–H groups in total. The van der Waals surface area contributed by atoms with E-state index in [-0.39, 0.29) is 0 Å². The maximum absolute atomic E-state index is 4.17. The molecule has 1 aromatic rings. The topological polar surface area (TPSA) is 12.9 Å². The van der Waals surface area contributed by atoms with Gasteiger partial charge in [-0.1, -0.05) is 22.9 Å². The maximum atomic E-state index is 4.17. The molecule has 3 heteroatoms. The van der Waals surface area contributed by atoms with Crippen molar-refractivity contribution in [1.29, 1.82) is 0 Å². The Hall–Kier alpha value is 0.110. The molecule has 0 amide bonds. The highest BCUT2D eigenvalue weighted by Gasteiger charge is 2.03. The molecular weight excluding hydrogens is 210 g/mol. The summed E-state index contributed by atoms with van der Waals surface area (Å²) in [5, 5.41) is 0. The Morgan fingerprint density at radius 2 is 2.50 bits per heavy atom. The van der Waals surface area contributed by atoms with E-state index in [4.69, 9.17) is 0 Å². The normalized spacial score (nSPS) is 13.5. The van der Waals surface area contributed by atoms with Crippen LogP contribution in [0, 0.1) is 6.92 Å². The summed E-state index contributed by atoms with van der Waals surface area (Å²) < 4.78 is 0. The Labute approximate surface area is 73.6 Å². The van der Waals surface area contributed by atoms with Gasteiger partial charge >= 0.3 is 0 Å².